The Morgan fingerprint density at radius 1 is 1.64 bits per heavy atom. The first kappa shape index (κ1) is 10.2. The molecule has 1 radical (unpaired) electrons. The van der Waals surface area contributed by atoms with Gasteiger partial charge in [-0.3, -0.25) is 4.79 Å². The Labute approximate surface area is 81.0 Å². The molecular weight excluding hydrogens is 183 g/mol. The molecule has 0 aliphatic rings. The van der Waals surface area contributed by atoms with Crippen LogP contribution in [0.3, 0.4) is 0 Å². The van der Waals surface area contributed by atoms with Crippen LogP contribution in [0.15, 0.2) is 18.2 Å². The van der Waals surface area contributed by atoms with Crippen molar-refractivity contribution in [2.75, 3.05) is 0 Å². The standard InChI is InChI=1S/C10H8FN2O/c11-9-3-1-7(2-4-10(13)14)5-8(9)6-12/h1-3,5H,4H2,(H2,13,14). The van der Waals surface area contributed by atoms with E-state index in [1.54, 1.807) is 12.5 Å². The Morgan fingerprint density at radius 3 is 2.93 bits per heavy atom. The van der Waals surface area contributed by atoms with Crippen LogP contribution < -0.4 is 5.73 Å². The molecule has 0 saturated carbocycles. The summed E-state index contributed by atoms with van der Waals surface area (Å²) in [7, 11) is 0. The number of rotatable bonds is 3. The fourth-order valence-electron chi connectivity index (χ4n) is 0.974. The van der Waals surface area contributed by atoms with E-state index in [0.29, 0.717) is 5.56 Å². The number of nitriles is 1. The predicted octanol–water partition coefficient (Wildman–Crippen LogP) is 1.13. The minimum absolute atomic E-state index is 0.0387. The number of carbonyl (C=O) groups excluding carboxylic acids is 1. The number of benzene rings is 1. The molecule has 0 heterocycles. The molecule has 0 aliphatic carbocycles. The molecule has 0 aromatic heterocycles. The molecule has 1 rings (SSSR count). The summed E-state index contributed by atoms with van der Waals surface area (Å²) in [5.74, 6) is -1.03. The Bertz CT molecular complexity index is 396. The molecule has 2 N–H and O–H groups in total. The van der Waals surface area contributed by atoms with Gasteiger partial charge in [-0.25, -0.2) is 4.39 Å². The lowest BCUT2D eigenvalue weighted by Crippen LogP contribution is -2.10. The zero-order chi connectivity index (χ0) is 10.6. The van der Waals surface area contributed by atoms with Crippen molar-refractivity contribution >= 4 is 5.91 Å². The van der Waals surface area contributed by atoms with E-state index in [0.717, 1.165) is 0 Å². The topological polar surface area (TPSA) is 66.9 Å². The van der Waals surface area contributed by atoms with Gasteiger partial charge < -0.3 is 5.73 Å². The third-order valence-corrected chi connectivity index (χ3v) is 1.65. The number of primary amides is 1. The summed E-state index contributed by atoms with van der Waals surface area (Å²) in [6.45, 7) is 0. The third-order valence-electron chi connectivity index (χ3n) is 1.65. The molecule has 0 bridgehead atoms. The van der Waals surface area contributed by atoms with E-state index in [2.05, 4.69) is 0 Å². The highest BCUT2D eigenvalue weighted by atomic mass is 19.1. The first-order valence-corrected chi connectivity index (χ1v) is 3.94. The van der Waals surface area contributed by atoms with Crippen molar-refractivity contribution in [3.8, 4) is 6.07 Å². The maximum Gasteiger partial charge on any atom is 0.218 e. The van der Waals surface area contributed by atoms with Crippen LogP contribution in [0.4, 0.5) is 4.39 Å². The van der Waals surface area contributed by atoms with Gasteiger partial charge in [-0.15, -0.1) is 0 Å². The van der Waals surface area contributed by atoms with Crippen LogP contribution in [0.2, 0.25) is 0 Å². The minimum Gasteiger partial charge on any atom is -0.370 e. The first-order chi connectivity index (χ1) is 6.63. The van der Waals surface area contributed by atoms with Gasteiger partial charge in [0, 0.05) is 12.8 Å². The maximum absolute atomic E-state index is 12.8. The van der Waals surface area contributed by atoms with Crippen molar-refractivity contribution in [1.82, 2.24) is 0 Å². The molecule has 71 valence electrons. The SMILES string of the molecule is N#Cc1cc([CH]CC(N)=O)ccc1F. The maximum atomic E-state index is 12.8. The van der Waals surface area contributed by atoms with Crippen molar-refractivity contribution < 1.29 is 9.18 Å². The highest BCUT2D eigenvalue weighted by Crippen LogP contribution is 2.12. The lowest BCUT2D eigenvalue weighted by molar-refractivity contribution is -0.117. The van der Waals surface area contributed by atoms with Gasteiger partial charge in [-0.05, 0) is 17.7 Å². The van der Waals surface area contributed by atoms with Gasteiger partial charge in [-0.2, -0.15) is 5.26 Å². The van der Waals surface area contributed by atoms with Crippen molar-refractivity contribution in [3.05, 3.63) is 41.6 Å². The van der Waals surface area contributed by atoms with Gasteiger partial charge in [0.25, 0.3) is 0 Å². The molecule has 1 aromatic carbocycles. The van der Waals surface area contributed by atoms with Crippen molar-refractivity contribution in [2.45, 2.75) is 6.42 Å². The summed E-state index contributed by atoms with van der Waals surface area (Å²) in [6.07, 6.45) is 1.62. The molecule has 0 spiro atoms. The summed E-state index contributed by atoms with van der Waals surface area (Å²) in [5.41, 5.74) is 5.51. The molecular formula is C10H8FN2O. The number of hydrogen-bond donors (Lipinski definition) is 1. The molecule has 0 saturated heterocycles. The molecule has 0 atom stereocenters. The van der Waals surface area contributed by atoms with Crippen LogP contribution >= 0.6 is 0 Å². The van der Waals surface area contributed by atoms with Crippen LogP contribution in [0.1, 0.15) is 17.5 Å². The van der Waals surface area contributed by atoms with Gasteiger partial charge in [0.15, 0.2) is 0 Å². The molecule has 4 heteroatoms. The highest BCUT2D eigenvalue weighted by molar-refractivity contribution is 5.75. The largest absolute Gasteiger partial charge is 0.370 e. The van der Waals surface area contributed by atoms with E-state index >= 15 is 0 Å². The second-order valence-corrected chi connectivity index (χ2v) is 2.73. The van der Waals surface area contributed by atoms with Crippen LogP contribution in [0.5, 0.6) is 0 Å². The van der Waals surface area contributed by atoms with Crippen LogP contribution in [-0.2, 0) is 4.79 Å². The fourth-order valence-corrected chi connectivity index (χ4v) is 0.974. The number of carbonyl (C=O) groups is 1. The van der Waals surface area contributed by atoms with E-state index in [9.17, 15) is 9.18 Å². The third kappa shape index (κ3) is 2.56. The number of halogens is 1. The van der Waals surface area contributed by atoms with Crippen LogP contribution in [0, 0.1) is 23.6 Å². The van der Waals surface area contributed by atoms with E-state index in [1.165, 1.54) is 18.2 Å². The predicted molar refractivity (Wildman–Crippen MR) is 48.3 cm³/mol. The zero-order valence-corrected chi connectivity index (χ0v) is 7.33. The summed E-state index contributed by atoms with van der Waals surface area (Å²) < 4.78 is 12.8. The second kappa shape index (κ2) is 4.38. The number of hydrogen-bond acceptors (Lipinski definition) is 2. The van der Waals surface area contributed by atoms with Gasteiger partial charge in [-0.1, -0.05) is 6.07 Å². The zero-order valence-electron chi connectivity index (χ0n) is 7.33. The van der Waals surface area contributed by atoms with E-state index in [1.807, 2.05) is 0 Å². The molecule has 3 nitrogen and oxygen atoms in total. The number of amides is 1. The lowest BCUT2D eigenvalue weighted by atomic mass is 10.1. The molecule has 1 aromatic rings. The second-order valence-electron chi connectivity index (χ2n) is 2.73. The Morgan fingerprint density at radius 2 is 2.36 bits per heavy atom. The fraction of sp³-hybridized carbons (Fsp3) is 0.100. The molecule has 0 unspecified atom stereocenters. The van der Waals surface area contributed by atoms with Gasteiger partial charge in [0.05, 0.1) is 5.56 Å². The average molecular weight is 191 g/mol. The number of nitrogens with zero attached hydrogens (tertiary/aromatic N) is 1. The van der Waals surface area contributed by atoms with Crippen molar-refractivity contribution in [1.29, 1.82) is 5.26 Å². The average Bonchev–Trinajstić information content (AvgIpc) is 2.16. The van der Waals surface area contributed by atoms with Gasteiger partial charge >= 0.3 is 0 Å². The Hall–Kier alpha value is -1.89. The van der Waals surface area contributed by atoms with E-state index in [-0.39, 0.29) is 12.0 Å². The van der Waals surface area contributed by atoms with Gasteiger partial charge in [0.2, 0.25) is 5.91 Å². The lowest BCUT2D eigenvalue weighted by Gasteiger charge is -1.99. The highest BCUT2D eigenvalue weighted by Gasteiger charge is 2.03. The normalized spacial score (nSPS) is 9.43. The van der Waals surface area contributed by atoms with E-state index < -0.39 is 11.7 Å². The molecule has 14 heavy (non-hydrogen) atoms. The van der Waals surface area contributed by atoms with Crippen molar-refractivity contribution in [2.24, 2.45) is 5.73 Å². The Balaban J connectivity index is 2.80. The monoisotopic (exact) mass is 191 g/mol. The molecule has 0 fully saturated rings. The molecule has 1 amide bonds. The summed E-state index contributed by atoms with van der Waals surface area (Å²) >= 11 is 0. The quantitative estimate of drug-likeness (QED) is 0.778. The minimum atomic E-state index is -0.566. The van der Waals surface area contributed by atoms with Gasteiger partial charge in [0.1, 0.15) is 11.9 Å². The van der Waals surface area contributed by atoms with E-state index in [4.69, 9.17) is 11.0 Å². The smallest absolute Gasteiger partial charge is 0.218 e. The van der Waals surface area contributed by atoms with Crippen LogP contribution in [-0.4, -0.2) is 5.91 Å². The van der Waals surface area contributed by atoms with Crippen LogP contribution in [0.25, 0.3) is 0 Å². The summed E-state index contributed by atoms with van der Waals surface area (Å²) in [6, 6.07) is 5.76. The summed E-state index contributed by atoms with van der Waals surface area (Å²) in [5, 5.41) is 8.52. The number of nitrogens with two attached hydrogens (primary N) is 1. The first-order valence-electron chi connectivity index (χ1n) is 3.94. The van der Waals surface area contributed by atoms with Crippen molar-refractivity contribution in [3.63, 3.8) is 0 Å². The molecule has 0 aliphatic heterocycles. The summed E-state index contributed by atoms with van der Waals surface area (Å²) in [4.78, 5) is 10.4. The Kier molecular flexibility index (Phi) is 3.19.